The maximum atomic E-state index is 8.91. The van der Waals surface area contributed by atoms with Crippen LogP contribution < -0.4 is 10.2 Å². The first-order chi connectivity index (χ1) is 8.83. The molecule has 1 aromatic rings. The lowest BCUT2D eigenvalue weighted by Crippen LogP contribution is -2.47. The number of β-amino-alcohol motifs (C(OH)–C–C–N with tert-alkyl or cyclic N) is 1. The molecule has 6 nitrogen and oxygen atoms in total. The Hall–Kier alpha value is -1.40. The third kappa shape index (κ3) is 3.30. The van der Waals surface area contributed by atoms with Gasteiger partial charge in [-0.1, -0.05) is 0 Å². The van der Waals surface area contributed by atoms with Gasteiger partial charge >= 0.3 is 0 Å². The SMILES string of the molecule is CCNc1nccc(N2CCN(CCO)CC2)n1. The lowest BCUT2D eigenvalue weighted by atomic mass is 10.3. The van der Waals surface area contributed by atoms with Crippen LogP contribution in [0, 0.1) is 0 Å². The van der Waals surface area contributed by atoms with Crippen molar-refractivity contribution in [2.75, 3.05) is 56.1 Å². The van der Waals surface area contributed by atoms with Gasteiger partial charge < -0.3 is 15.3 Å². The lowest BCUT2D eigenvalue weighted by Gasteiger charge is -2.35. The van der Waals surface area contributed by atoms with E-state index in [2.05, 4.69) is 25.1 Å². The topological polar surface area (TPSA) is 64.5 Å². The van der Waals surface area contributed by atoms with Gasteiger partial charge in [-0.3, -0.25) is 4.90 Å². The van der Waals surface area contributed by atoms with E-state index in [9.17, 15) is 0 Å². The molecule has 0 bridgehead atoms. The summed E-state index contributed by atoms with van der Waals surface area (Å²) in [7, 11) is 0. The minimum Gasteiger partial charge on any atom is -0.395 e. The van der Waals surface area contributed by atoms with Gasteiger partial charge in [0.15, 0.2) is 0 Å². The molecular formula is C12H21N5O. The fraction of sp³-hybridized carbons (Fsp3) is 0.667. The smallest absolute Gasteiger partial charge is 0.224 e. The normalized spacial score (nSPS) is 16.9. The van der Waals surface area contributed by atoms with Crippen LogP contribution in [0.5, 0.6) is 0 Å². The highest BCUT2D eigenvalue weighted by atomic mass is 16.3. The largest absolute Gasteiger partial charge is 0.395 e. The van der Waals surface area contributed by atoms with E-state index in [4.69, 9.17) is 5.11 Å². The van der Waals surface area contributed by atoms with Gasteiger partial charge in [0.25, 0.3) is 0 Å². The van der Waals surface area contributed by atoms with E-state index in [1.807, 2.05) is 13.0 Å². The molecule has 6 heteroatoms. The highest BCUT2D eigenvalue weighted by Gasteiger charge is 2.17. The van der Waals surface area contributed by atoms with Crippen molar-refractivity contribution in [3.8, 4) is 0 Å². The van der Waals surface area contributed by atoms with Crippen LogP contribution in [0.4, 0.5) is 11.8 Å². The maximum Gasteiger partial charge on any atom is 0.224 e. The number of aliphatic hydroxyl groups is 1. The second kappa shape index (κ2) is 6.51. The molecule has 1 aliphatic rings. The number of aliphatic hydroxyl groups excluding tert-OH is 1. The molecule has 2 rings (SSSR count). The molecule has 1 aromatic heterocycles. The fourth-order valence-electron chi connectivity index (χ4n) is 2.11. The molecule has 0 amide bonds. The molecule has 2 heterocycles. The molecule has 2 N–H and O–H groups in total. The van der Waals surface area contributed by atoms with Crippen LogP contribution in [0.1, 0.15) is 6.92 Å². The Balaban J connectivity index is 1.94. The molecule has 1 aliphatic heterocycles. The maximum absolute atomic E-state index is 8.91. The van der Waals surface area contributed by atoms with E-state index >= 15 is 0 Å². The van der Waals surface area contributed by atoms with Crippen LogP contribution in [0.25, 0.3) is 0 Å². The Morgan fingerprint density at radius 1 is 1.33 bits per heavy atom. The molecular weight excluding hydrogens is 230 g/mol. The molecule has 0 radical (unpaired) electrons. The van der Waals surface area contributed by atoms with Crippen molar-refractivity contribution in [3.63, 3.8) is 0 Å². The number of piperazine rings is 1. The molecule has 1 saturated heterocycles. The Labute approximate surface area is 108 Å². The average Bonchev–Trinajstić information content (AvgIpc) is 2.41. The first-order valence-electron chi connectivity index (χ1n) is 6.48. The van der Waals surface area contributed by atoms with Crippen LogP contribution in [-0.2, 0) is 0 Å². The van der Waals surface area contributed by atoms with E-state index in [-0.39, 0.29) is 6.61 Å². The predicted octanol–water partition coefficient (Wildman–Crippen LogP) is 0.0227. The van der Waals surface area contributed by atoms with Crippen molar-refractivity contribution >= 4 is 11.8 Å². The standard InChI is InChI=1S/C12H21N5O/c1-2-13-12-14-4-3-11(15-12)17-7-5-16(6-8-17)9-10-18/h3-4,18H,2,5-10H2,1H3,(H,13,14,15). The predicted molar refractivity (Wildman–Crippen MR) is 71.9 cm³/mol. The Morgan fingerprint density at radius 2 is 2.11 bits per heavy atom. The molecule has 0 aromatic carbocycles. The number of nitrogens with zero attached hydrogens (tertiary/aromatic N) is 4. The molecule has 0 atom stereocenters. The van der Waals surface area contributed by atoms with Crippen LogP contribution >= 0.6 is 0 Å². The summed E-state index contributed by atoms with van der Waals surface area (Å²) in [6, 6.07) is 1.95. The molecule has 0 unspecified atom stereocenters. The summed E-state index contributed by atoms with van der Waals surface area (Å²) in [5, 5.41) is 12.0. The van der Waals surface area contributed by atoms with Crippen molar-refractivity contribution in [1.29, 1.82) is 0 Å². The molecule has 18 heavy (non-hydrogen) atoms. The van der Waals surface area contributed by atoms with E-state index in [1.54, 1.807) is 6.20 Å². The number of hydrogen-bond donors (Lipinski definition) is 2. The molecule has 0 spiro atoms. The van der Waals surface area contributed by atoms with Crippen molar-refractivity contribution in [2.24, 2.45) is 0 Å². The zero-order chi connectivity index (χ0) is 12.8. The lowest BCUT2D eigenvalue weighted by molar-refractivity contribution is 0.188. The highest BCUT2D eigenvalue weighted by Crippen LogP contribution is 2.14. The van der Waals surface area contributed by atoms with Gasteiger partial charge in [-0.15, -0.1) is 0 Å². The summed E-state index contributed by atoms with van der Waals surface area (Å²) < 4.78 is 0. The van der Waals surface area contributed by atoms with E-state index in [0.29, 0.717) is 5.95 Å². The summed E-state index contributed by atoms with van der Waals surface area (Å²) in [4.78, 5) is 13.2. The minimum atomic E-state index is 0.234. The molecule has 100 valence electrons. The van der Waals surface area contributed by atoms with Gasteiger partial charge in [0.1, 0.15) is 5.82 Å². The Morgan fingerprint density at radius 3 is 2.78 bits per heavy atom. The second-order valence-electron chi connectivity index (χ2n) is 4.32. The summed E-state index contributed by atoms with van der Waals surface area (Å²) in [6.07, 6.45) is 1.79. The van der Waals surface area contributed by atoms with Crippen LogP contribution in [0.15, 0.2) is 12.3 Å². The summed E-state index contributed by atoms with van der Waals surface area (Å²) in [5.74, 6) is 1.66. The van der Waals surface area contributed by atoms with Gasteiger partial charge in [-0.05, 0) is 13.0 Å². The average molecular weight is 251 g/mol. The van der Waals surface area contributed by atoms with Gasteiger partial charge in [-0.2, -0.15) is 4.98 Å². The number of hydrogen-bond acceptors (Lipinski definition) is 6. The summed E-state index contributed by atoms with van der Waals surface area (Å²) in [6.45, 7) is 7.70. The monoisotopic (exact) mass is 251 g/mol. The van der Waals surface area contributed by atoms with Crippen molar-refractivity contribution < 1.29 is 5.11 Å². The van der Waals surface area contributed by atoms with Crippen molar-refractivity contribution in [3.05, 3.63) is 12.3 Å². The van der Waals surface area contributed by atoms with E-state index in [0.717, 1.165) is 45.1 Å². The molecule has 1 fully saturated rings. The first kappa shape index (κ1) is 13.0. The minimum absolute atomic E-state index is 0.234. The Bertz CT molecular complexity index is 365. The van der Waals surface area contributed by atoms with Crippen LogP contribution in [0.2, 0.25) is 0 Å². The fourth-order valence-corrected chi connectivity index (χ4v) is 2.11. The number of aromatic nitrogens is 2. The van der Waals surface area contributed by atoms with Gasteiger partial charge in [-0.25, -0.2) is 4.98 Å². The molecule has 0 saturated carbocycles. The third-order valence-corrected chi connectivity index (χ3v) is 3.09. The van der Waals surface area contributed by atoms with Crippen molar-refractivity contribution in [2.45, 2.75) is 6.92 Å². The third-order valence-electron chi connectivity index (χ3n) is 3.09. The number of rotatable bonds is 5. The number of anilines is 2. The second-order valence-corrected chi connectivity index (χ2v) is 4.32. The van der Waals surface area contributed by atoms with Crippen LogP contribution in [0.3, 0.4) is 0 Å². The van der Waals surface area contributed by atoms with Gasteiger partial charge in [0.05, 0.1) is 6.61 Å². The summed E-state index contributed by atoms with van der Waals surface area (Å²) >= 11 is 0. The van der Waals surface area contributed by atoms with Gasteiger partial charge in [0, 0.05) is 45.5 Å². The summed E-state index contributed by atoms with van der Waals surface area (Å²) in [5.41, 5.74) is 0. The quantitative estimate of drug-likeness (QED) is 0.769. The van der Waals surface area contributed by atoms with Crippen LogP contribution in [-0.4, -0.2) is 65.8 Å². The molecule has 0 aliphatic carbocycles. The Kier molecular flexibility index (Phi) is 4.72. The van der Waals surface area contributed by atoms with Gasteiger partial charge in [0.2, 0.25) is 5.95 Å². The zero-order valence-electron chi connectivity index (χ0n) is 10.8. The van der Waals surface area contributed by atoms with E-state index in [1.165, 1.54) is 0 Å². The van der Waals surface area contributed by atoms with E-state index < -0.39 is 0 Å². The highest BCUT2D eigenvalue weighted by molar-refractivity contribution is 5.42. The zero-order valence-corrected chi connectivity index (χ0v) is 10.8. The van der Waals surface area contributed by atoms with Crippen molar-refractivity contribution in [1.82, 2.24) is 14.9 Å². The number of nitrogens with one attached hydrogen (secondary N) is 1. The first-order valence-corrected chi connectivity index (χ1v) is 6.48.